The van der Waals surface area contributed by atoms with Crippen molar-refractivity contribution in [3.63, 3.8) is 0 Å². The van der Waals surface area contributed by atoms with Gasteiger partial charge in [0.05, 0.1) is 17.6 Å². The largest absolute Gasteiger partial charge is 0.394 e. The van der Waals surface area contributed by atoms with Crippen molar-refractivity contribution in [3.05, 3.63) is 27.9 Å². The maximum Gasteiger partial charge on any atom is 0.290 e. The van der Waals surface area contributed by atoms with Crippen LogP contribution in [-0.4, -0.2) is 27.7 Å². The van der Waals surface area contributed by atoms with E-state index in [1.807, 2.05) is 13.8 Å². The monoisotopic (exact) mass is 239 g/mol. The van der Waals surface area contributed by atoms with E-state index in [9.17, 15) is 15.2 Å². The van der Waals surface area contributed by atoms with Crippen molar-refractivity contribution in [2.24, 2.45) is 5.92 Å². The highest BCUT2D eigenvalue weighted by Crippen LogP contribution is 2.19. The SMILES string of the molecule is Cc1nc(N[C@H](CO)C(C)C)ccc1[N+](=O)[O-]. The molecule has 94 valence electrons. The lowest BCUT2D eigenvalue weighted by molar-refractivity contribution is -0.385. The Hall–Kier alpha value is -1.69. The van der Waals surface area contributed by atoms with E-state index in [1.54, 1.807) is 13.0 Å². The molecule has 0 bridgehead atoms. The lowest BCUT2D eigenvalue weighted by Gasteiger charge is -2.20. The summed E-state index contributed by atoms with van der Waals surface area (Å²) in [6.45, 7) is 5.54. The smallest absolute Gasteiger partial charge is 0.290 e. The third kappa shape index (κ3) is 3.39. The number of hydrogen-bond acceptors (Lipinski definition) is 5. The van der Waals surface area contributed by atoms with Crippen molar-refractivity contribution in [1.82, 2.24) is 4.98 Å². The van der Waals surface area contributed by atoms with Gasteiger partial charge in [0.15, 0.2) is 0 Å². The average molecular weight is 239 g/mol. The molecule has 1 atom stereocenters. The van der Waals surface area contributed by atoms with E-state index in [1.165, 1.54) is 6.07 Å². The van der Waals surface area contributed by atoms with Crippen molar-refractivity contribution in [2.75, 3.05) is 11.9 Å². The second kappa shape index (κ2) is 5.58. The summed E-state index contributed by atoms with van der Waals surface area (Å²) in [5, 5.41) is 22.8. The molecule has 0 fully saturated rings. The molecule has 6 heteroatoms. The molecule has 1 heterocycles. The highest BCUT2D eigenvalue weighted by atomic mass is 16.6. The number of aliphatic hydroxyl groups is 1. The molecule has 2 N–H and O–H groups in total. The Labute approximate surface area is 99.8 Å². The number of nitrogens with zero attached hydrogens (tertiary/aromatic N) is 2. The van der Waals surface area contributed by atoms with Crippen LogP contribution in [-0.2, 0) is 0 Å². The van der Waals surface area contributed by atoms with Crippen molar-refractivity contribution in [1.29, 1.82) is 0 Å². The van der Waals surface area contributed by atoms with Crippen LogP contribution in [0.15, 0.2) is 12.1 Å². The van der Waals surface area contributed by atoms with E-state index < -0.39 is 4.92 Å². The van der Waals surface area contributed by atoms with Gasteiger partial charge in [-0.2, -0.15) is 0 Å². The van der Waals surface area contributed by atoms with Crippen molar-refractivity contribution in [2.45, 2.75) is 26.8 Å². The number of aliphatic hydroxyl groups excluding tert-OH is 1. The van der Waals surface area contributed by atoms with Crippen LogP contribution in [0.1, 0.15) is 19.5 Å². The van der Waals surface area contributed by atoms with Crippen molar-refractivity contribution >= 4 is 11.5 Å². The molecular weight excluding hydrogens is 222 g/mol. The van der Waals surface area contributed by atoms with Gasteiger partial charge in [-0.3, -0.25) is 10.1 Å². The molecule has 1 rings (SSSR count). The minimum Gasteiger partial charge on any atom is -0.394 e. The zero-order chi connectivity index (χ0) is 13.0. The van der Waals surface area contributed by atoms with Gasteiger partial charge >= 0.3 is 0 Å². The second-order valence-corrected chi connectivity index (χ2v) is 4.24. The van der Waals surface area contributed by atoms with Crippen molar-refractivity contribution in [3.8, 4) is 0 Å². The molecular formula is C11H17N3O3. The molecule has 1 aromatic rings. The van der Waals surface area contributed by atoms with E-state index in [4.69, 9.17) is 0 Å². The van der Waals surface area contributed by atoms with Crippen LogP contribution in [0.5, 0.6) is 0 Å². The Morgan fingerprint density at radius 3 is 2.59 bits per heavy atom. The zero-order valence-electron chi connectivity index (χ0n) is 10.2. The lowest BCUT2D eigenvalue weighted by atomic mass is 10.1. The van der Waals surface area contributed by atoms with E-state index in [2.05, 4.69) is 10.3 Å². The molecule has 0 radical (unpaired) electrons. The first-order valence-electron chi connectivity index (χ1n) is 5.45. The molecule has 0 spiro atoms. The maximum atomic E-state index is 10.6. The number of nitrogens with one attached hydrogen (secondary N) is 1. The quantitative estimate of drug-likeness (QED) is 0.603. The number of hydrogen-bond donors (Lipinski definition) is 2. The fraction of sp³-hybridized carbons (Fsp3) is 0.545. The lowest BCUT2D eigenvalue weighted by Crippen LogP contribution is -2.29. The molecule has 17 heavy (non-hydrogen) atoms. The Bertz CT molecular complexity index is 407. The fourth-order valence-corrected chi connectivity index (χ4v) is 1.44. The summed E-state index contributed by atoms with van der Waals surface area (Å²) < 4.78 is 0. The molecule has 0 saturated heterocycles. The van der Waals surface area contributed by atoms with Gasteiger partial charge in [-0.15, -0.1) is 0 Å². The molecule has 0 aliphatic carbocycles. The summed E-state index contributed by atoms with van der Waals surface area (Å²) >= 11 is 0. The maximum absolute atomic E-state index is 10.6. The van der Waals surface area contributed by atoms with E-state index in [-0.39, 0.29) is 24.3 Å². The number of aromatic nitrogens is 1. The van der Waals surface area contributed by atoms with E-state index in [0.29, 0.717) is 11.5 Å². The highest BCUT2D eigenvalue weighted by Gasteiger charge is 2.15. The average Bonchev–Trinajstić information content (AvgIpc) is 2.24. The number of anilines is 1. The van der Waals surface area contributed by atoms with Crippen LogP contribution < -0.4 is 5.32 Å². The molecule has 6 nitrogen and oxygen atoms in total. The fourth-order valence-electron chi connectivity index (χ4n) is 1.44. The summed E-state index contributed by atoms with van der Waals surface area (Å²) in [4.78, 5) is 14.3. The third-order valence-corrected chi connectivity index (χ3v) is 2.59. The van der Waals surface area contributed by atoms with Crippen LogP contribution in [0.25, 0.3) is 0 Å². The van der Waals surface area contributed by atoms with Crippen LogP contribution in [0.4, 0.5) is 11.5 Å². The Morgan fingerprint density at radius 2 is 2.18 bits per heavy atom. The van der Waals surface area contributed by atoms with Gasteiger partial charge in [0.25, 0.3) is 5.69 Å². The minimum atomic E-state index is -0.460. The zero-order valence-corrected chi connectivity index (χ0v) is 10.2. The number of aryl methyl sites for hydroxylation is 1. The first-order chi connectivity index (χ1) is 7.95. The van der Waals surface area contributed by atoms with Gasteiger partial charge in [0, 0.05) is 6.07 Å². The number of nitro groups is 1. The standard InChI is InChI=1S/C11H17N3O3/c1-7(2)9(6-15)13-11-5-4-10(14(16)17)8(3)12-11/h4-5,7,9,15H,6H2,1-3H3,(H,12,13)/t9-/m1/s1. The molecule has 0 saturated carbocycles. The highest BCUT2D eigenvalue weighted by molar-refractivity contribution is 5.45. The Balaban J connectivity index is 2.87. The molecule has 0 aliphatic heterocycles. The minimum absolute atomic E-state index is 0.000598. The van der Waals surface area contributed by atoms with Gasteiger partial charge in [-0.1, -0.05) is 13.8 Å². The number of pyridine rings is 1. The van der Waals surface area contributed by atoms with Gasteiger partial charge in [0.1, 0.15) is 11.5 Å². The molecule has 0 unspecified atom stereocenters. The normalized spacial score (nSPS) is 12.5. The van der Waals surface area contributed by atoms with Gasteiger partial charge < -0.3 is 10.4 Å². The van der Waals surface area contributed by atoms with Gasteiger partial charge in [0.2, 0.25) is 0 Å². The molecule has 0 aromatic carbocycles. The van der Waals surface area contributed by atoms with Crippen LogP contribution in [0.2, 0.25) is 0 Å². The molecule has 0 aliphatic rings. The van der Waals surface area contributed by atoms with E-state index >= 15 is 0 Å². The Morgan fingerprint density at radius 1 is 1.53 bits per heavy atom. The van der Waals surface area contributed by atoms with Crippen LogP contribution >= 0.6 is 0 Å². The Kier molecular flexibility index (Phi) is 4.39. The first-order valence-corrected chi connectivity index (χ1v) is 5.45. The van der Waals surface area contributed by atoms with Crippen molar-refractivity contribution < 1.29 is 10.0 Å². The number of rotatable bonds is 5. The molecule has 1 aromatic heterocycles. The van der Waals surface area contributed by atoms with E-state index in [0.717, 1.165) is 0 Å². The third-order valence-electron chi connectivity index (χ3n) is 2.59. The summed E-state index contributed by atoms with van der Waals surface area (Å²) in [6.07, 6.45) is 0. The second-order valence-electron chi connectivity index (χ2n) is 4.24. The summed E-state index contributed by atoms with van der Waals surface area (Å²) in [5.41, 5.74) is 0.362. The van der Waals surface area contributed by atoms with Gasteiger partial charge in [-0.05, 0) is 18.9 Å². The predicted molar refractivity (Wildman–Crippen MR) is 65.0 cm³/mol. The first kappa shape index (κ1) is 13.4. The topological polar surface area (TPSA) is 88.3 Å². The predicted octanol–water partition coefficient (Wildman–Crippen LogP) is 1.73. The molecule has 0 amide bonds. The van der Waals surface area contributed by atoms with Crippen LogP contribution in [0.3, 0.4) is 0 Å². The summed E-state index contributed by atoms with van der Waals surface area (Å²) in [7, 11) is 0. The van der Waals surface area contributed by atoms with Crippen LogP contribution in [0, 0.1) is 23.0 Å². The summed E-state index contributed by atoms with van der Waals surface area (Å²) in [5.74, 6) is 0.790. The van der Waals surface area contributed by atoms with Gasteiger partial charge in [-0.25, -0.2) is 4.98 Å². The summed E-state index contributed by atoms with van der Waals surface area (Å²) in [6, 6.07) is 2.86.